The summed E-state index contributed by atoms with van der Waals surface area (Å²) in [6.45, 7) is 2.29. The van der Waals surface area contributed by atoms with E-state index in [9.17, 15) is 12.8 Å². The van der Waals surface area contributed by atoms with Crippen molar-refractivity contribution in [1.29, 1.82) is 0 Å². The van der Waals surface area contributed by atoms with E-state index in [4.69, 9.17) is 18.9 Å². The summed E-state index contributed by atoms with van der Waals surface area (Å²) in [5.74, 6) is 1.57. The maximum atomic E-state index is 13.5. The average molecular weight is 687 g/mol. The molecule has 1 aliphatic rings. The maximum Gasteiger partial charge on any atom is 0.152 e. The van der Waals surface area contributed by atoms with E-state index in [1.807, 2.05) is 36.4 Å². The number of nitrogens with zero attached hydrogens (tertiary/aromatic N) is 2. The number of methoxy groups -OCH3 is 1. The fraction of sp³-hybridized carbons (Fsp3) is 0.312. The van der Waals surface area contributed by atoms with E-state index in [0.717, 1.165) is 26.7 Å². The minimum Gasteiger partial charge on any atom is -0.496 e. The number of hydrogen-bond acceptors (Lipinski definition) is 9. The number of rotatable bonds is 14. The second-order valence-corrected chi connectivity index (χ2v) is 13.6. The van der Waals surface area contributed by atoms with Crippen LogP contribution in [0.25, 0.3) is 10.9 Å². The van der Waals surface area contributed by atoms with Gasteiger partial charge in [0, 0.05) is 41.3 Å². The van der Waals surface area contributed by atoms with Crippen LogP contribution in [-0.4, -0.2) is 50.2 Å². The van der Waals surface area contributed by atoms with Crippen LogP contribution in [0.15, 0.2) is 77.7 Å². The standard InChI is InChI=1S/C32H33BrFN3O6S/c1-3-44(38,39)15-14-41-13-11-32(10-5-12-43-32)26-18-25-28(19-30(26)40-2)35-21-36-31(25)37-24-8-9-29(27(33)17-24)42-20-22-6-4-7-23(34)16-22/h4-9,12,16-19,21H,3,10-11,13-15,20H2,1-2H3,(H,35,36,37). The Hall–Kier alpha value is -3.74. The molecule has 0 aliphatic carbocycles. The Bertz CT molecular complexity index is 1760. The van der Waals surface area contributed by atoms with Gasteiger partial charge in [0.05, 0.1) is 42.3 Å². The SMILES string of the molecule is CCS(=O)(=O)CCOCCC1(c2cc3c(Nc4ccc(OCc5cccc(F)c5)c(Br)c4)ncnc3cc2OC)CC=CO1. The largest absolute Gasteiger partial charge is 0.496 e. The molecule has 0 spiro atoms. The smallest absolute Gasteiger partial charge is 0.152 e. The Morgan fingerprint density at radius 3 is 2.68 bits per heavy atom. The van der Waals surface area contributed by atoms with E-state index in [-0.39, 0.29) is 30.5 Å². The highest BCUT2D eigenvalue weighted by Crippen LogP contribution is 2.44. The lowest BCUT2D eigenvalue weighted by Gasteiger charge is -2.31. The predicted molar refractivity (Wildman–Crippen MR) is 171 cm³/mol. The van der Waals surface area contributed by atoms with Crippen molar-refractivity contribution in [3.63, 3.8) is 0 Å². The second kappa shape index (κ2) is 13.9. The lowest BCUT2D eigenvalue weighted by molar-refractivity contribution is 0.00121. The van der Waals surface area contributed by atoms with Crippen LogP contribution in [0.2, 0.25) is 0 Å². The molecule has 0 saturated carbocycles. The van der Waals surface area contributed by atoms with E-state index in [2.05, 4.69) is 31.2 Å². The van der Waals surface area contributed by atoms with Crippen LogP contribution in [0, 0.1) is 5.82 Å². The van der Waals surface area contributed by atoms with Gasteiger partial charge in [0.1, 0.15) is 41.7 Å². The van der Waals surface area contributed by atoms with E-state index in [1.54, 1.807) is 32.4 Å². The van der Waals surface area contributed by atoms with Gasteiger partial charge in [-0.3, -0.25) is 0 Å². The number of anilines is 2. The summed E-state index contributed by atoms with van der Waals surface area (Å²) in [6.07, 6.45) is 6.17. The Kier molecular flexibility index (Phi) is 10.0. The fourth-order valence-electron chi connectivity index (χ4n) is 4.93. The Labute approximate surface area is 264 Å². The molecule has 3 aromatic carbocycles. The van der Waals surface area contributed by atoms with Gasteiger partial charge in [0.2, 0.25) is 0 Å². The molecule has 0 saturated heterocycles. The number of benzene rings is 3. The van der Waals surface area contributed by atoms with Crippen LogP contribution in [-0.2, 0) is 31.5 Å². The van der Waals surface area contributed by atoms with Gasteiger partial charge in [-0.05, 0) is 64.0 Å². The maximum absolute atomic E-state index is 13.5. The van der Waals surface area contributed by atoms with Crippen LogP contribution in [0.5, 0.6) is 11.5 Å². The van der Waals surface area contributed by atoms with Crippen LogP contribution < -0.4 is 14.8 Å². The summed E-state index contributed by atoms with van der Waals surface area (Å²) in [7, 11) is -1.51. The zero-order chi connectivity index (χ0) is 31.2. The highest BCUT2D eigenvalue weighted by atomic mass is 79.9. The molecule has 0 bridgehead atoms. The number of sulfone groups is 1. The van der Waals surface area contributed by atoms with Crippen LogP contribution in [0.3, 0.4) is 0 Å². The summed E-state index contributed by atoms with van der Waals surface area (Å²) in [5, 5.41) is 4.14. The minimum absolute atomic E-state index is 0.0164. The first-order valence-corrected chi connectivity index (χ1v) is 16.7. The third-order valence-electron chi connectivity index (χ3n) is 7.39. The fourth-order valence-corrected chi connectivity index (χ4v) is 6.09. The van der Waals surface area contributed by atoms with Crippen molar-refractivity contribution in [2.75, 3.05) is 37.1 Å². The molecule has 0 amide bonds. The summed E-state index contributed by atoms with van der Waals surface area (Å²) in [6, 6.07) is 15.7. The number of hydrogen-bond donors (Lipinski definition) is 1. The molecule has 0 fully saturated rings. The lowest BCUT2D eigenvalue weighted by atomic mass is 9.86. The number of fused-ring (bicyclic) bond motifs is 1. The van der Waals surface area contributed by atoms with Crippen molar-refractivity contribution >= 4 is 48.2 Å². The van der Waals surface area contributed by atoms with Crippen molar-refractivity contribution in [1.82, 2.24) is 9.97 Å². The normalized spacial score (nSPS) is 16.2. The second-order valence-electron chi connectivity index (χ2n) is 10.3. The Balaban J connectivity index is 1.36. The molecular weight excluding hydrogens is 653 g/mol. The average Bonchev–Trinajstić information content (AvgIpc) is 3.50. The van der Waals surface area contributed by atoms with E-state index in [0.29, 0.717) is 42.3 Å². The number of aromatic nitrogens is 2. The summed E-state index contributed by atoms with van der Waals surface area (Å²) >= 11 is 3.57. The molecule has 9 nitrogen and oxygen atoms in total. The molecular formula is C32H33BrFN3O6S. The van der Waals surface area contributed by atoms with Crippen molar-refractivity contribution in [3.05, 3.63) is 94.7 Å². The summed E-state index contributed by atoms with van der Waals surface area (Å²) in [5.41, 5.74) is 2.21. The van der Waals surface area contributed by atoms with E-state index in [1.165, 1.54) is 18.5 Å². The minimum atomic E-state index is -3.11. The Morgan fingerprint density at radius 1 is 1.09 bits per heavy atom. The van der Waals surface area contributed by atoms with Crippen molar-refractivity contribution in [2.45, 2.75) is 32.0 Å². The summed E-state index contributed by atoms with van der Waals surface area (Å²) in [4.78, 5) is 8.98. The molecule has 1 aliphatic heterocycles. The molecule has 44 heavy (non-hydrogen) atoms. The monoisotopic (exact) mass is 685 g/mol. The molecule has 5 rings (SSSR count). The topological polar surface area (TPSA) is 109 Å². The van der Waals surface area contributed by atoms with E-state index < -0.39 is 15.4 Å². The van der Waals surface area contributed by atoms with Gasteiger partial charge in [0.15, 0.2) is 9.84 Å². The summed E-state index contributed by atoms with van der Waals surface area (Å²) < 4.78 is 61.5. The molecule has 4 aromatic rings. The van der Waals surface area contributed by atoms with E-state index >= 15 is 0 Å². The van der Waals surface area contributed by atoms with Gasteiger partial charge in [-0.1, -0.05) is 19.1 Å². The first kappa shape index (κ1) is 31.7. The highest BCUT2D eigenvalue weighted by molar-refractivity contribution is 9.10. The van der Waals surface area contributed by atoms with Crippen LogP contribution in [0.1, 0.15) is 30.9 Å². The molecule has 2 heterocycles. The molecule has 0 radical (unpaired) electrons. The molecule has 1 aromatic heterocycles. The van der Waals surface area contributed by atoms with Crippen LogP contribution in [0.4, 0.5) is 15.9 Å². The molecule has 1 N–H and O–H groups in total. The zero-order valence-electron chi connectivity index (χ0n) is 24.4. The van der Waals surface area contributed by atoms with Gasteiger partial charge in [-0.25, -0.2) is 22.8 Å². The molecule has 1 unspecified atom stereocenters. The van der Waals surface area contributed by atoms with Gasteiger partial charge in [-0.2, -0.15) is 0 Å². The van der Waals surface area contributed by atoms with Gasteiger partial charge in [0.25, 0.3) is 0 Å². The quantitative estimate of drug-likeness (QED) is 0.143. The third kappa shape index (κ3) is 7.48. The lowest BCUT2D eigenvalue weighted by Crippen LogP contribution is -2.28. The van der Waals surface area contributed by atoms with Crippen LogP contribution >= 0.6 is 15.9 Å². The predicted octanol–water partition coefficient (Wildman–Crippen LogP) is 6.83. The van der Waals surface area contributed by atoms with Gasteiger partial charge in [-0.15, -0.1) is 0 Å². The number of halogens is 2. The van der Waals surface area contributed by atoms with Crippen molar-refractivity contribution in [2.24, 2.45) is 0 Å². The van der Waals surface area contributed by atoms with Crippen molar-refractivity contribution in [3.8, 4) is 11.5 Å². The molecule has 1 atom stereocenters. The molecule has 12 heteroatoms. The number of ether oxygens (including phenoxy) is 4. The van der Waals surface area contributed by atoms with Crippen molar-refractivity contribution < 1.29 is 31.8 Å². The third-order valence-corrected chi connectivity index (χ3v) is 9.68. The first-order valence-electron chi connectivity index (χ1n) is 14.1. The molecule has 232 valence electrons. The van der Waals surface area contributed by atoms with Gasteiger partial charge >= 0.3 is 0 Å². The first-order chi connectivity index (χ1) is 21.2. The number of nitrogens with one attached hydrogen (secondary N) is 1. The zero-order valence-corrected chi connectivity index (χ0v) is 26.8. The van der Waals surface area contributed by atoms with Gasteiger partial charge < -0.3 is 24.3 Å². The Morgan fingerprint density at radius 2 is 1.95 bits per heavy atom. The highest BCUT2D eigenvalue weighted by Gasteiger charge is 2.38.